The summed E-state index contributed by atoms with van der Waals surface area (Å²) >= 11 is 0. The molecule has 0 aromatic heterocycles. The Hall–Kier alpha value is -1.80. The molecule has 2 aliphatic rings. The van der Waals surface area contributed by atoms with E-state index in [0.29, 0.717) is 32.7 Å². The van der Waals surface area contributed by atoms with Gasteiger partial charge in [-0.15, -0.1) is 0 Å². The fraction of sp³-hybridized carbons (Fsp3) is 0.667. The lowest BCUT2D eigenvalue weighted by Crippen LogP contribution is -2.47. The van der Waals surface area contributed by atoms with E-state index in [4.69, 9.17) is 9.47 Å². The topological polar surface area (TPSA) is 42.0 Å². The van der Waals surface area contributed by atoms with Gasteiger partial charge in [0.25, 0.3) is 0 Å². The van der Waals surface area contributed by atoms with Crippen molar-refractivity contribution in [2.75, 3.05) is 39.4 Å². The van der Waals surface area contributed by atoms with Gasteiger partial charge >= 0.3 is 12.3 Å². The summed E-state index contributed by atoms with van der Waals surface area (Å²) < 4.78 is 49.6. The summed E-state index contributed by atoms with van der Waals surface area (Å²) in [6.07, 6.45) is -4.03. The van der Waals surface area contributed by atoms with Crippen molar-refractivity contribution < 1.29 is 27.4 Å². The summed E-state index contributed by atoms with van der Waals surface area (Å²) in [5.74, 6) is -0.0177. The predicted octanol–water partition coefficient (Wildman–Crippen LogP) is 4.13. The Bertz CT molecular complexity index is 695. The van der Waals surface area contributed by atoms with Gasteiger partial charge in [0.15, 0.2) is 0 Å². The Morgan fingerprint density at radius 3 is 2.31 bits per heavy atom. The maximum atomic E-state index is 12.9. The molecule has 2 fully saturated rings. The number of carbonyl (C=O) groups excluding carboxylic acids is 1. The SMILES string of the molecule is CC(C)(C)OC(=O)N1CC(c2ccc(C(F)(F)F)cc2)C[C@H]1CN1CCOCC1. The van der Waals surface area contributed by atoms with Gasteiger partial charge in [0.1, 0.15) is 5.60 Å². The van der Waals surface area contributed by atoms with E-state index in [1.165, 1.54) is 12.1 Å². The van der Waals surface area contributed by atoms with Crippen molar-refractivity contribution in [2.24, 2.45) is 0 Å². The average molecular weight is 414 g/mol. The van der Waals surface area contributed by atoms with Gasteiger partial charge in [-0.05, 0) is 44.9 Å². The Kier molecular flexibility index (Phi) is 6.43. The molecule has 8 heteroatoms. The first-order chi connectivity index (χ1) is 13.5. The third-order valence-electron chi connectivity index (χ3n) is 5.32. The maximum Gasteiger partial charge on any atom is 0.416 e. The first kappa shape index (κ1) is 21.9. The molecule has 0 radical (unpaired) electrons. The second-order valence-electron chi connectivity index (χ2n) is 8.75. The van der Waals surface area contributed by atoms with Crippen LogP contribution >= 0.6 is 0 Å². The van der Waals surface area contributed by atoms with Crippen LogP contribution in [0.3, 0.4) is 0 Å². The number of hydrogen-bond acceptors (Lipinski definition) is 4. The van der Waals surface area contributed by atoms with Gasteiger partial charge in [-0.1, -0.05) is 12.1 Å². The van der Waals surface area contributed by atoms with Crippen molar-refractivity contribution >= 4 is 6.09 Å². The van der Waals surface area contributed by atoms with Gasteiger partial charge in [0.05, 0.1) is 18.8 Å². The van der Waals surface area contributed by atoms with Gasteiger partial charge in [0.2, 0.25) is 0 Å². The minimum Gasteiger partial charge on any atom is -0.444 e. The number of rotatable bonds is 3. The van der Waals surface area contributed by atoms with Gasteiger partial charge in [-0.3, -0.25) is 4.90 Å². The lowest BCUT2D eigenvalue weighted by molar-refractivity contribution is -0.137. The monoisotopic (exact) mass is 414 g/mol. The van der Waals surface area contributed by atoms with Crippen LogP contribution in [0.4, 0.5) is 18.0 Å². The maximum absolute atomic E-state index is 12.9. The summed E-state index contributed by atoms with van der Waals surface area (Å²) in [6, 6.07) is 5.23. The van der Waals surface area contributed by atoms with E-state index in [0.717, 1.165) is 30.8 Å². The molecule has 0 spiro atoms. The Labute approximate surface area is 169 Å². The largest absolute Gasteiger partial charge is 0.444 e. The van der Waals surface area contributed by atoms with E-state index >= 15 is 0 Å². The van der Waals surface area contributed by atoms with Crippen molar-refractivity contribution in [3.05, 3.63) is 35.4 Å². The van der Waals surface area contributed by atoms with Crippen LogP contribution in [0.5, 0.6) is 0 Å². The number of nitrogens with zero attached hydrogens (tertiary/aromatic N) is 2. The van der Waals surface area contributed by atoms with E-state index in [2.05, 4.69) is 4.90 Å². The molecule has 1 unspecified atom stereocenters. The fourth-order valence-electron chi connectivity index (χ4n) is 3.90. The highest BCUT2D eigenvalue weighted by Crippen LogP contribution is 2.35. The smallest absolute Gasteiger partial charge is 0.416 e. The van der Waals surface area contributed by atoms with Crippen molar-refractivity contribution in [3.8, 4) is 0 Å². The third kappa shape index (κ3) is 5.85. The van der Waals surface area contributed by atoms with Crippen molar-refractivity contribution in [1.29, 1.82) is 0 Å². The Morgan fingerprint density at radius 2 is 1.76 bits per heavy atom. The average Bonchev–Trinajstić information content (AvgIpc) is 3.04. The zero-order chi connectivity index (χ0) is 21.2. The Morgan fingerprint density at radius 1 is 1.14 bits per heavy atom. The van der Waals surface area contributed by atoms with Gasteiger partial charge in [-0.2, -0.15) is 13.2 Å². The minimum atomic E-state index is -4.35. The zero-order valence-corrected chi connectivity index (χ0v) is 17.2. The van der Waals surface area contributed by atoms with Crippen LogP contribution < -0.4 is 0 Å². The second-order valence-corrected chi connectivity index (χ2v) is 8.75. The quantitative estimate of drug-likeness (QED) is 0.746. The van der Waals surface area contributed by atoms with E-state index < -0.39 is 17.3 Å². The van der Waals surface area contributed by atoms with E-state index in [-0.39, 0.29) is 18.1 Å². The van der Waals surface area contributed by atoms with Crippen LogP contribution in [-0.2, 0) is 15.7 Å². The van der Waals surface area contributed by atoms with Crippen LogP contribution in [0.2, 0.25) is 0 Å². The summed E-state index contributed by atoms with van der Waals surface area (Å²) in [7, 11) is 0. The number of amides is 1. The summed E-state index contributed by atoms with van der Waals surface area (Å²) in [5.41, 5.74) is -0.448. The second kappa shape index (κ2) is 8.52. The molecule has 2 atom stereocenters. The van der Waals surface area contributed by atoms with Crippen molar-refractivity contribution in [1.82, 2.24) is 9.80 Å². The molecule has 2 heterocycles. The molecule has 5 nitrogen and oxygen atoms in total. The fourth-order valence-corrected chi connectivity index (χ4v) is 3.90. The molecule has 0 bridgehead atoms. The van der Waals surface area contributed by atoms with Crippen LogP contribution in [0.25, 0.3) is 0 Å². The highest BCUT2D eigenvalue weighted by molar-refractivity contribution is 5.69. The number of hydrogen-bond donors (Lipinski definition) is 0. The predicted molar refractivity (Wildman–Crippen MR) is 103 cm³/mol. The molecule has 29 heavy (non-hydrogen) atoms. The van der Waals surface area contributed by atoms with E-state index in [9.17, 15) is 18.0 Å². The molecular weight excluding hydrogens is 385 g/mol. The molecule has 162 valence electrons. The van der Waals surface area contributed by atoms with Crippen LogP contribution in [0.1, 0.15) is 44.2 Å². The molecule has 3 rings (SSSR count). The lowest BCUT2D eigenvalue weighted by atomic mass is 9.95. The van der Waals surface area contributed by atoms with Crippen LogP contribution in [0.15, 0.2) is 24.3 Å². The Balaban J connectivity index is 1.75. The third-order valence-corrected chi connectivity index (χ3v) is 5.32. The van der Waals surface area contributed by atoms with Gasteiger partial charge in [-0.25, -0.2) is 4.79 Å². The van der Waals surface area contributed by atoms with Gasteiger partial charge < -0.3 is 14.4 Å². The highest BCUT2D eigenvalue weighted by atomic mass is 19.4. The molecule has 2 saturated heterocycles. The molecule has 2 aliphatic heterocycles. The standard InChI is InChI=1S/C21H29F3N2O3/c1-20(2,3)29-19(27)26-13-16(12-18(26)14-25-8-10-28-11-9-25)15-4-6-17(7-5-15)21(22,23)24/h4-7,16,18H,8-14H2,1-3H3/t16?,18-/m0/s1. The summed E-state index contributed by atoms with van der Waals surface area (Å²) in [4.78, 5) is 16.8. The van der Waals surface area contributed by atoms with Crippen molar-refractivity contribution in [3.63, 3.8) is 0 Å². The normalized spacial score (nSPS) is 24.0. The molecule has 0 aliphatic carbocycles. The molecule has 1 aromatic carbocycles. The highest BCUT2D eigenvalue weighted by Gasteiger charge is 2.39. The van der Waals surface area contributed by atoms with E-state index in [1.807, 2.05) is 20.8 Å². The van der Waals surface area contributed by atoms with E-state index in [1.54, 1.807) is 4.90 Å². The van der Waals surface area contributed by atoms with Crippen LogP contribution in [-0.4, -0.2) is 66.9 Å². The molecule has 1 amide bonds. The molecule has 1 aromatic rings. The molecule has 0 saturated carbocycles. The molecule has 0 N–H and O–H groups in total. The number of carbonyl (C=O) groups is 1. The number of morpholine rings is 1. The van der Waals surface area contributed by atoms with Gasteiger partial charge in [0, 0.05) is 38.1 Å². The number of likely N-dealkylation sites (tertiary alicyclic amines) is 1. The molecular formula is C21H29F3N2O3. The first-order valence-electron chi connectivity index (χ1n) is 10.00. The summed E-state index contributed by atoms with van der Waals surface area (Å²) in [5, 5.41) is 0. The number of halogens is 3. The zero-order valence-electron chi connectivity index (χ0n) is 17.2. The van der Waals surface area contributed by atoms with Crippen molar-refractivity contribution in [2.45, 2.75) is 50.9 Å². The summed E-state index contributed by atoms with van der Waals surface area (Å²) in [6.45, 7) is 9.58. The number of alkyl halides is 3. The number of benzene rings is 1. The number of ether oxygens (including phenoxy) is 2. The van der Waals surface area contributed by atoms with Crippen LogP contribution in [0, 0.1) is 0 Å². The lowest BCUT2D eigenvalue weighted by Gasteiger charge is -2.33. The first-order valence-corrected chi connectivity index (χ1v) is 10.00. The minimum absolute atomic E-state index is 0.0177.